The van der Waals surface area contributed by atoms with Crippen LogP contribution < -0.4 is 11.2 Å². The third-order valence-electron chi connectivity index (χ3n) is 2.11. The first-order valence-electron chi connectivity index (χ1n) is 4.93. The van der Waals surface area contributed by atoms with Crippen LogP contribution in [-0.4, -0.2) is 29.6 Å². The molecule has 1 aromatic rings. The zero-order valence-electron chi connectivity index (χ0n) is 9.04. The van der Waals surface area contributed by atoms with E-state index in [-0.39, 0.29) is 6.42 Å². The van der Waals surface area contributed by atoms with Gasteiger partial charge < -0.3 is 21.1 Å². The Balaban J connectivity index is 2.72. The zero-order chi connectivity index (χ0) is 12.7. The molecule has 0 bridgehead atoms. The number of carboxylic acid groups (broad SMARTS) is 1. The molecule has 6 heteroatoms. The van der Waals surface area contributed by atoms with Crippen molar-refractivity contribution in [2.24, 2.45) is 10.9 Å². The summed E-state index contributed by atoms with van der Waals surface area (Å²) >= 11 is 0. The highest BCUT2D eigenvalue weighted by Gasteiger charge is 2.15. The fraction of sp³-hybridized carbons (Fsp3) is 0.182. The number of hydrogen-bond donors (Lipinski definition) is 3. The molecule has 1 unspecified atom stereocenters. The van der Waals surface area contributed by atoms with Gasteiger partial charge in [-0.3, -0.25) is 0 Å². The van der Waals surface area contributed by atoms with E-state index in [0.29, 0.717) is 12.0 Å². The highest BCUT2D eigenvalue weighted by Crippen LogP contribution is 2.10. The molecule has 1 atom stereocenters. The molecule has 0 saturated carbocycles. The predicted molar refractivity (Wildman–Crippen MR) is 64.0 cm³/mol. The average Bonchev–Trinajstić information content (AvgIpc) is 2.31. The first-order chi connectivity index (χ1) is 8.17. The number of nitrogens with one attached hydrogen (secondary N) is 1. The summed E-state index contributed by atoms with van der Waals surface area (Å²) in [6, 6.07) is 5.94. The number of carbonyl (C=O) groups is 2. The Morgan fingerprint density at radius 2 is 2.12 bits per heavy atom. The lowest BCUT2D eigenvalue weighted by molar-refractivity contribution is -0.138. The minimum atomic E-state index is -1.07. The van der Waals surface area contributed by atoms with Gasteiger partial charge in [0.25, 0.3) is 0 Å². The fourth-order valence-electron chi connectivity index (χ4n) is 1.27. The van der Waals surface area contributed by atoms with E-state index in [9.17, 15) is 9.59 Å². The molecule has 1 aromatic carbocycles. The van der Waals surface area contributed by atoms with Crippen molar-refractivity contribution in [2.75, 3.05) is 5.32 Å². The summed E-state index contributed by atoms with van der Waals surface area (Å²) in [6.45, 7) is 0. The molecular formula is C11H13N3O3. The van der Waals surface area contributed by atoms with Crippen LogP contribution in [0.4, 0.5) is 5.69 Å². The third kappa shape index (κ3) is 3.94. The Bertz CT molecular complexity index is 414. The lowest BCUT2D eigenvalue weighted by atomic mass is 10.2. The van der Waals surface area contributed by atoms with Crippen LogP contribution in [0.3, 0.4) is 0 Å². The van der Waals surface area contributed by atoms with Crippen molar-refractivity contribution in [3.63, 3.8) is 0 Å². The summed E-state index contributed by atoms with van der Waals surface area (Å²) < 4.78 is 0. The second kappa shape index (κ2) is 6.26. The van der Waals surface area contributed by atoms with E-state index in [1.165, 1.54) is 6.21 Å². The van der Waals surface area contributed by atoms with Crippen molar-refractivity contribution >= 4 is 24.2 Å². The van der Waals surface area contributed by atoms with Crippen molar-refractivity contribution in [2.45, 2.75) is 12.5 Å². The van der Waals surface area contributed by atoms with Crippen LogP contribution in [0.2, 0.25) is 0 Å². The van der Waals surface area contributed by atoms with Crippen LogP contribution in [-0.2, 0) is 9.59 Å². The van der Waals surface area contributed by atoms with Gasteiger partial charge in [0.15, 0.2) is 0 Å². The van der Waals surface area contributed by atoms with E-state index in [1.807, 2.05) is 0 Å². The van der Waals surface area contributed by atoms with Gasteiger partial charge in [-0.1, -0.05) is 12.1 Å². The summed E-state index contributed by atoms with van der Waals surface area (Å²) in [6.07, 6.45) is 1.96. The topological polar surface area (TPSA) is 105 Å². The minimum absolute atomic E-state index is 0.0820. The molecular weight excluding hydrogens is 222 g/mol. The molecule has 0 amide bonds. The Morgan fingerprint density at radius 3 is 2.59 bits per heavy atom. The van der Waals surface area contributed by atoms with Crippen LogP contribution in [0.5, 0.6) is 0 Å². The van der Waals surface area contributed by atoms with E-state index in [1.54, 1.807) is 24.3 Å². The number of hydrazone groups is 1. The monoisotopic (exact) mass is 235 g/mol. The molecule has 90 valence electrons. The number of carboxylic acids is 1. The largest absolute Gasteiger partial charge is 0.480 e. The highest BCUT2D eigenvalue weighted by atomic mass is 16.4. The maximum Gasteiger partial charge on any atom is 0.326 e. The Morgan fingerprint density at radius 1 is 1.47 bits per heavy atom. The quantitative estimate of drug-likeness (QED) is 0.287. The normalized spacial score (nSPS) is 12.2. The van der Waals surface area contributed by atoms with E-state index in [2.05, 4.69) is 10.4 Å². The molecule has 1 rings (SSSR count). The van der Waals surface area contributed by atoms with Crippen molar-refractivity contribution in [1.82, 2.24) is 0 Å². The number of benzene rings is 1. The van der Waals surface area contributed by atoms with Gasteiger partial charge in [0.2, 0.25) is 0 Å². The first kappa shape index (κ1) is 12.7. The summed E-state index contributed by atoms with van der Waals surface area (Å²) in [5, 5.41) is 15.0. The van der Waals surface area contributed by atoms with Gasteiger partial charge in [0.1, 0.15) is 12.3 Å². The molecule has 4 N–H and O–H groups in total. The summed E-state index contributed by atoms with van der Waals surface area (Å²) in [4.78, 5) is 21.1. The molecule has 0 radical (unpaired) electrons. The molecule has 0 saturated heterocycles. The van der Waals surface area contributed by atoms with Gasteiger partial charge in [-0.05, 0) is 17.7 Å². The van der Waals surface area contributed by atoms with Crippen LogP contribution in [0.25, 0.3) is 0 Å². The summed E-state index contributed by atoms with van der Waals surface area (Å²) in [5.41, 5.74) is 1.42. The number of hydrogen-bond acceptors (Lipinski definition) is 5. The average molecular weight is 235 g/mol. The van der Waals surface area contributed by atoms with Gasteiger partial charge in [0.05, 0.1) is 6.21 Å². The van der Waals surface area contributed by atoms with Crippen molar-refractivity contribution in [1.29, 1.82) is 0 Å². The van der Waals surface area contributed by atoms with Gasteiger partial charge in [-0.15, -0.1) is 0 Å². The SMILES string of the molecule is NN=Cc1ccc(NC(CC=O)C(=O)O)cc1. The predicted octanol–water partition coefficient (Wildman–Crippen LogP) is 0.433. The van der Waals surface area contributed by atoms with Crippen LogP contribution in [0.15, 0.2) is 29.4 Å². The lowest BCUT2D eigenvalue weighted by Gasteiger charge is -2.12. The molecule has 0 aromatic heterocycles. The molecule has 0 aliphatic heterocycles. The number of carbonyl (C=O) groups excluding carboxylic acids is 1. The lowest BCUT2D eigenvalue weighted by Crippen LogP contribution is -2.29. The number of nitrogens with two attached hydrogens (primary N) is 1. The van der Waals surface area contributed by atoms with Crippen molar-refractivity contribution < 1.29 is 14.7 Å². The molecule has 0 aliphatic rings. The number of aldehydes is 1. The van der Waals surface area contributed by atoms with Crippen LogP contribution in [0, 0.1) is 0 Å². The molecule has 0 fully saturated rings. The smallest absolute Gasteiger partial charge is 0.326 e. The molecule has 17 heavy (non-hydrogen) atoms. The maximum atomic E-state index is 10.8. The molecule has 0 spiro atoms. The zero-order valence-corrected chi connectivity index (χ0v) is 9.04. The Labute approximate surface area is 98.1 Å². The second-order valence-electron chi connectivity index (χ2n) is 3.34. The molecule has 0 heterocycles. The van der Waals surface area contributed by atoms with E-state index < -0.39 is 12.0 Å². The fourth-order valence-corrected chi connectivity index (χ4v) is 1.27. The molecule has 0 aliphatic carbocycles. The number of aliphatic carboxylic acids is 1. The van der Waals surface area contributed by atoms with Gasteiger partial charge in [0, 0.05) is 12.1 Å². The van der Waals surface area contributed by atoms with E-state index >= 15 is 0 Å². The van der Waals surface area contributed by atoms with Crippen LogP contribution >= 0.6 is 0 Å². The van der Waals surface area contributed by atoms with Gasteiger partial charge in [-0.2, -0.15) is 5.10 Å². The number of rotatable bonds is 6. The van der Waals surface area contributed by atoms with Gasteiger partial charge in [-0.25, -0.2) is 4.79 Å². The maximum absolute atomic E-state index is 10.8. The second-order valence-corrected chi connectivity index (χ2v) is 3.34. The number of anilines is 1. The number of nitrogens with zero attached hydrogens (tertiary/aromatic N) is 1. The standard InChI is InChI=1S/C11H13N3O3/c12-13-7-8-1-3-9(4-2-8)14-10(5-6-15)11(16)17/h1-4,6-7,10,14H,5,12H2,(H,16,17). The van der Waals surface area contributed by atoms with E-state index in [0.717, 1.165) is 5.56 Å². The summed E-state index contributed by atoms with van der Waals surface area (Å²) in [7, 11) is 0. The minimum Gasteiger partial charge on any atom is -0.480 e. The summed E-state index contributed by atoms with van der Waals surface area (Å²) in [5.74, 6) is 3.93. The third-order valence-corrected chi connectivity index (χ3v) is 2.11. The Kier molecular flexibility index (Phi) is 4.68. The highest BCUT2D eigenvalue weighted by molar-refractivity contribution is 5.82. The van der Waals surface area contributed by atoms with E-state index in [4.69, 9.17) is 10.9 Å². The van der Waals surface area contributed by atoms with Crippen molar-refractivity contribution in [3.05, 3.63) is 29.8 Å². The molecule has 6 nitrogen and oxygen atoms in total. The Hall–Kier alpha value is -2.37. The van der Waals surface area contributed by atoms with Gasteiger partial charge >= 0.3 is 5.97 Å². The van der Waals surface area contributed by atoms with Crippen molar-refractivity contribution in [3.8, 4) is 0 Å². The van der Waals surface area contributed by atoms with Crippen LogP contribution in [0.1, 0.15) is 12.0 Å². The first-order valence-corrected chi connectivity index (χ1v) is 4.93.